The molecule has 0 bridgehead atoms. The Hall–Kier alpha value is -4.39. The van der Waals surface area contributed by atoms with Crippen LogP contribution < -0.4 is 20.4 Å². The summed E-state index contributed by atoms with van der Waals surface area (Å²) in [5.74, 6) is -0.359. The van der Waals surface area contributed by atoms with Crippen molar-refractivity contribution in [2.24, 2.45) is 0 Å². The second-order valence-electron chi connectivity index (χ2n) is 8.08. The van der Waals surface area contributed by atoms with Gasteiger partial charge in [-0.15, -0.1) is 0 Å². The van der Waals surface area contributed by atoms with Gasteiger partial charge in [0.15, 0.2) is 6.61 Å². The smallest absolute Gasteiger partial charge is 0.349 e. The van der Waals surface area contributed by atoms with E-state index < -0.39 is 17.5 Å². The average molecular weight is 472 g/mol. The number of carbonyl (C=O) groups excluding carboxylic acids is 2. The van der Waals surface area contributed by atoms with Crippen molar-refractivity contribution in [3.8, 4) is 22.6 Å². The molecule has 0 fully saturated rings. The predicted octanol–water partition coefficient (Wildman–Crippen LogP) is 4.97. The third kappa shape index (κ3) is 5.95. The van der Waals surface area contributed by atoms with Crippen molar-refractivity contribution < 1.29 is 23.5 Å². The predicted molar refractivity (Wildman–Crippen MR) is 133 cm³/mol. The van der Waals surface area contributed by atoms with Crippen LogP contribution in [0.5, 0.6) is 11.5 Å². The number of hydrogen-bond donors (Lipinski definition) is 1. The summed E-state index contributed by atoms with van der Waals surface area (Å²) in [7, 11) is 0. The Balaban J connectivity index is 1.38. The lowest BCUT2D eigenvalue weighted by Crippen LogP contribution is -2.34. The van der Waals surface area contributed by atoms with Gasteiger partial charge in [-0.25, -0.2) is 9.59 Å². The zero-order valence-corrected chi connectivity index (χ0v) is 19.4. The number of ether oxygens (including phenoxy) is 2. The van der Waals surface area contributed by atoms with E-state index in [0.29, 0.717) is 11.1 Å². The quantitative estimate of drug-likeness (QED) is 0.221. The van der Waals surface area contributed by atoms with Gasteiger partial charge in [0.2, 0.25) is 0 Å². The van der Waals surface area contributed by atoms with E-state index in [0.717, 1.165) is 17.5 Å². The lowest BCUT2D eigenvalue weighted by Gasteiger charge is -2.11. The van der Waals surface area contributed by atoms with E-state index in [1.807, 2.05) is 56.3 Å². The first-order valence-electron chi connectivity index (χ1n) is 11.3. The molecule has 4 aromatic rings. The second kappa shape index (κ2) is 10.7. The topological polar surface area (TPSA) is 94.8 Å². The molecule has 3 aromatic carbocycles. The van der Waals surface area contributed by atoms with Crippen LogP contribution in [0.2, 0.25) is 0 Å². The summed E-state index contributed by atoms with van der Waals surface area (Å²) >= 11 is 0. The second-order valence-corrected chi connectivity index (χ2v) is 8.08. The number of hydrogen-bond acceptors (Lipinski definition) is 6. The first-order valence-corrected chi connectivity index (χ1v) is 11.3. The highest BCUT2D eigenvalue weighted by molar-refractivity contribution is 5.97. The van der Waals surface area contributed by atoms with Crippen molar-refractivity contribution in [1.29, 1.82) is 0 Å². The monoisotopic (exact) mass is 471 g/mol. The Labute approximate surface area is 202 Å². The molecular weight excluding hydrogens is 446 g/mol. The van der Waals surface area contributed by atoms with Gasteiger partial charge in [-0.1, -0.05) is 49.4 Å². The van der Waals surface area contributed by atoms with Crippen LogP contribution in [-0.2, 0) is 4.79 Å². The molecule has 4 rings (SSSR count). The molecule has 1 amide bonds. The molecule has 0 aliphatic carbocycles. The van der Waals surface area contributed by atoms with E-state index in [2.05, 4.69) is 5.32 Å². The molecular formula is C28H25NO6. The molecule has 0 aliphatic rings. The highest BCUT2D eigenvalue weighted by Crippen LogP contribution is 2.23. The van der Waals surface area contributed by atoms with Gasteiger partial charge in [0.05, 0.1) is 0 Å². The fourth-order valence-corrected chi connectivity index (χ4v) is 3.39. The van der Waals surface area contributed by atoms with Crippen LogP contribution in [0.3, 0.4) is 0 Å². The Morgan fingerprint density at radius 1 is 0.914 bits per heavy atom. The van der Waals surface area contributed by atoms with Gasteiger partial charge in [0, 0.05) is 17.5 Å². The molecule has 35 heavy (non-hydrogen) atoms. The normalized spacial score (nSPS) is 11.6. The third-order valence-electron chi connectivity index (χ3n) is 5.49. The van der Waals surface area contributed by atoms with Crippen LogP contribution in [0.1, 0.15) is 30.6 Å². The molecule has 7 heteroatoms. The maximum atomic E-state index is 12.3. The van der Waals surface area contributed by atoms with Crippen LogP contribution in [0, 0.1) is 0 Å². The highest BCUT2D eigenvalue weighted by atomic mass is 16.6. The number of esters is 1. The van der Waals surface area contributed by atoms with Gasteiger partial charge in [-0.05, 0) is 54.8 Å². The molecule has 0 saturated heterocycles. The SMILES string of the molecule is CCC(C)NC(=O)c1cc2ccc(OC(=O)COc3ccc(-c4ccccc4)cc3)cc2oc1=O. The fraction of sp³-hybridized carbons (Fsp3) is 0.179. The fourth-order valence-electron chi connectivity index (χ4n) is 3.39. The number of benzene rings is 3. The van der Waals surface area contributed by atoms with Gasteiger partial charge in [0.25, 0.3) is 5.91 Å². The summed E-state index contributed by atoms with van der Waals surface area (Å²) in [4.78, 5) is 36.9. The van der Waals surface area contributed by atoms with Gasteiger partial charge in [-0.2, -0.15) is 0 Å². The van der Waals surface area contributed by atoms with Crippen LogP contribution >= 0.6 is 0 Å². The number of rotatable bonds is 8. The third-order valence-corrected chi connectivity index (χ3v) is 5.49. The molecule has 0 aliphatic heterocycles. The van der Waals surface area contributed by atoms with E-state index in [1.165, 1.54) is 12.1 Å². The lowest BCUT2D eigenvalue weighted by atomic mass is 10.1. The number of fused-ring (bicyclic) bond motifs is 1. The Morgan fingerprint density at radius 2 is 1.60 bits per heavy atom. The minimum absolute atomic E-state index is 0.0663. The Kier molecular flexibility index (Phi) is 7.26. The molecule has 0 radical (unpaired) electrons. The summed E-state index contributed by atoms with van der Waals surface area (Å²) in [6.07, 6.45) is 0.738. The summed E-state index contributed by atoms with van der Waals surface area (Å²) in [6, 6.07) is 23.3. The van der Waals surface area contributed by atoms with Gasteiger partial charge >= 0.3 is 11.6 Å². The zero-order chi connectivity index (χ0) is 24.8. The largest absolute Gasteiger partial charge is 0.482 e. The van der Waals surface area contributed by atoms with Crippen LogP contribution in [0.25, 0.3) is 22.1 Å². The molecule has 0 spiro atoms. The summed E-state index contributed by atoms with van der Waals surface area (Å²) < 4.78 is 16.1. The maximum absolute atomic E-state index is 12.3. The highest BCUT2D eigenvalue weighted by Gasteiger charge is 2.16. The molecule has 1 aromatic heterocycles. The number of nitrogens with one attached hydrogen (secondary N) is 1. The zero-order valence-electron chi connectivity index (χ0n) is 19.4. The minimum Gasteiger partial charge on any atom is -0.482 e. The molecule has 1 heterocycles. The standard InChI is InChI=1S/C28H25NO6/c1-3-18(2)29-27(31)24-15-21-11-14-23(16-25(21)35-28(24)32)34-26(30)17-33-22-12-9-20(10-13-22)19-7-5-4-6-8-19/h4-16,18H,3,17H2,1-2H3,(H,29,31). The molecule has 0 saturated carbocycles. The van der Waals surface area contributed by atoms with Crippen molar-refractivity contribution in [2.75, 3.05) is 6.61 Å². The number of amides is 1. The molecule has 1 N–H and O–H groups in total. The first kappa shape index (κ1) is 23.8. The van der Waals surface area contributed by atoms with E-state index in [4.69, 9.17) is 13.9 Å². The Bertz CT molecular complexity index is 1390. The van der Waals surface area contributed by atoms with Crippen molar-refractivity contribution in [1.82, 2.24) is 5.32 Å². The molecule has 178 valence electrons. The molecule has 7 nitrogen and oxygen atoms in total. The average Bonchev–Trinajstić information content (AvgIpc) is 2.87. The van der Waals surface area contributed by atoms with E-state index >= 15 is 0 Å². The van der Waals surface area contributed by atoms with Crippen LogP contribution in [0.15, 0.2) is 88.1 Å². The van der Waals surface area contributed by atoms with Crippen LogP contribution in [-0.4, -0.2) is 24.5 Å². The molecule has 1 unspecified atom stereocenters. The van der Waals surface area contributed by atoms with Crippen molar-refractivity contribution >= 4 is 22.8 Å². The van der Waals surface area contributed by atoms with Gasteiger partial charge < -0.3 is 19.2 Å². The summed E-state index contributed by atoms with van der Waals surface area (Å²) in [6.45, 7) is 3.50. The summed E-state index contributed by atoms with van der Waals surface area (Å²) in [5, 5.41) is 3.28. The lowest BCUT2D eigenvalue weighted by molar-refractivity contribution is -0.136. The maximum Gasteiger partial charge on any atom is 0.349 e. The van der Waals surface area contributed by atoms with Crippen molar-refractivity contribution in [3.05, 3.63) is 94.8 Å². The van der Waals surface area contributed by atoms with E-state index in [9.17, 15) is 14.4 Å². The molecule has 1 atom stereocenters. The van der Waals surface area contributed by atoms with Gasteiger partial charge in [-0.3, -0.25) is 4.79 Å². The van der Waals surface area contributed by atoms with Crippen molar-refractivity contribution in [2.45, 2.75) is 26.3 Å². The van der Waals surface area contributed by atoms with E-state index in [1.54, 1.807) is 24.3 Å². The minimum atomic E-state index is -0.760. The van der Waals surface area contributed by atoms with Gasteiger partial charge in [0.1, 0.15) is 22.6 Å². The first-order chi connectivity index (χ1) is 16.9. The summed E-state index contributed by atoms with van der Waals surface area (Å²) in [5.41, 5.74) is 1.50. The van der Waals surface area contributed by atoms with Crippen molar-refractivity contribution in [3.63, 3.8) is 0 Å². The number of carbonyl (C=O) groups is 2. The Morgan fingerprint density at radius 3 is 2.31 bits per heavy atom. The van der Waals surface area contributed by atoms with Crippen LogP contribution in [0.4, 0.5) is 0 Å². The van der Waals surface area contributed by atoms with E-state index in [-0.39, 0.29) is 29.5 Å².